The lowest BCUT2D eigenvalue weighted by Gasteiger charge is -2.10. The largest absolute Gasteiger partial charge is 0.382 e. The van der Waals surface area contributed by atoms with Crippen LogP contribution in [0.4, 0.5) is 16.6 Å². The van der Waals surface area contributed by atoms with E-state index in [1.807, 2.05) is 0 Å². The van der Waals surface area contributed by atoms with Gasteiger partial charge in [-0.15, -0.1) is 24.8 Å². The average molecular weight is 445 g/mol. The SMILES string of the molecule is Cc1nn(-c2cc(SOOO)ccc2S(=O)(=O)O)c(N)c1N=Nc1nncs1. The van der Waals surface area contributed by atoms with Crippen LogP contribution in [0.15, 0.2) is 43.7 Å². The van der Waals surface area contributed by atoms with E-state index in [0.29, 0.717) is 27.8 Å². The third-order valence-electron chi connectivity index (χ3n) is 3.24. The Kier molecular flexibility index (Phi) is 5.98. The molecule has 0 unspecified atom stereocenters. The summed E-state index contributed by atoms with van der Waals surface area (Å²) in [6.07, 6.45) is 0. The molecule has 2 aromatic heterocycles. The van der Waals surface area contributed by atoms with Crippen molar-refractivity contribution in [3.63, 3.8) is 0 Å². The van der Waals surface area contributed by atoms with Gasteiger partial charge in [0.1, 0.15) is 10.4 Å². The van der Waals surface area contributed by atoms with Crippen LogP contribution < -0.4 is 5.73 Å². The van der Waals surface area contributed by atoms with Gasteiger partial charge in [-0.25, -0.2) is 9.94 Å². The molecule has 4 N–H and O–H groups in total. The Bertz CT molecular complexity index is 1110. The lowest BCUT2D eigenvalue weighted by Crippen LogP contribution is -2.09. The molecule has 3 aromatic rings. The molecular weight excluding hydrogens is 434 g/mol. The smallest absolute Gasteiger partial charge is 0.296 e. The van der Waals surface area contributed by atoms with Gasteiger partial charge in [-0.3, -0.25) is 4.55 Å². The summed E-state index contributed by atoms with van der Waals surface area (Å²) in [5, 5.41) is 31.5. The van der Waals surface area contributed by atoms with Crippen molar-refractivity contribution in [3.8, 4) is 5.69 Å². The minimum absolute atomic E-state index is 0.0304. The van der Waals surface area contributed by atoms with Crippen LogP contribution in [-0.2, 0) is 19.5 Å². The summed E-state index contributed by atoms with van der Waals surface area (Å²) in [4.78, 5) is -0.135. The third-order valence-corrected chi connectivity index (χ3v) is 5.29. The Labute approximate surface area is 165 Å². The number of anilines is 1. The molecule has 0 aliphatic rings. The van der Waals surface area contributed by atoms with E-state index in [2.05, 4.69) is 34.9 Å². The highest BCUT2D eigenvalue weighted by Crippen LogP contribution is 2.34. The fourth-order valence-electron chi connectivity index (χ4n) is 2.13. The van der Waals surface area contributed by atoms with Crippen molar-refractivity contribution < 1.29 is 27.6 Å². The van der Waals surface area contributed by atoms with E-state index in [9.17, 15) is 13.0 Å². The summed E-state index contributed by atoms with van der Waals surface area (Å²) >= 11 is 1.75. The quantitative estimate of drug-likeness (QED) is 0.159. The molecule has 0 bridgehead atoms. The minimum atomic E-state index is -4.60. The summed E-state index contributed by atoms with van der Waals surface area (Å²) in [7, 11) is -4.60. The number of rotatable bonds is 7. The molecule has 0 fully saturated rings. The maximum atomic E-state index is 11.8. The molecule has 13 nitrogen and oxygen atoms in total. The predicted octanol–water partition coefficient (Wildman–Crippen LogP) is 2.70. The summed E-state index contributed by atoms with van der Waals surface area (Å²) in [6.45, 7) is 1.59. The molecule has 0 aliphatic heterocycles. The van der Waals surface area contributed by atoms with Gasteiger partial charge < -0.3 is 5.73 Å². The highest BCUT2D eigenvalue weighted by Gasteiger charge is 2.22. The Hall–Kier alpha value is -2.47. The van der Waals surface area contributed by atoms with Crippen molar-refractivity contribution in [2.75, 3.05) is 5.73 Å². The van der Waals surface area contributed by atoms with E-state index in [0.717, 1.165) is 22.1 Å². The van der Waals surface area contributed by atoms with E-state index in [1.54, 1.807) is 6.92 Å². The summed E-state index contributed by atoms with van der Waals surface area (Å²) < 4.78 is 38.4. The van der Waals surface area contributed by atoms with Crippen molar-refractivity contribution in [2.24, 2.45) is 10.2 Å². The maximum Gasteiger partial charge on any atom is 0.296 e. The molecule has 0 saturated carbocycles. The fraction of sp³-hybridized carbons (Fsp3) is 0.0833. The van der Waals surface area contributed by atoms with Gasteiger partial charge in [0.05, 0.1) is 23.4 Å². The first kappa shape index (κ1) is 20.3. The third kappa shape index (κ3) is 4.33. The molecule has 3 rings (SSSR count). The Balaban J connectivity index is 2.10. The number of aryl methyl sites for hydroxylation is 1. The number of aromatic nitrogens is 4. The van der Waals surface area contributed by atoms with Gasteiger partial charge in [-0.2, -0.15) is 13.5 Å². The molecule has 0 aliphatic carbocycles. The van der Waals surface area contributed by atoms with Gasteiger partial charge in [0.15, 0.2) is 11.5 Å². The molecule has 0 radical (unpaired) electrons. The number of azo groups is 1. The van der Waals surface area contributed by atoms with Crippen molar-refractivity contribution >= 4 is 50.1 Å². The average Bonchev–Trinajstić information content (AvgIpc) is 3.25. The number of nitrogens with two attached hydrogens (primary N) is 1. The number of nitrogen functional groups attached to an aromatic ring is 1. The highest BCUT2D eigenvalue weighted by atomic mass is 32.2. The Morgan fingerprint density at radius 2 is 2.14 bits per heavy atom. The van der Waals surface area contributed by atoms with Crippen LogP contribution in [-0.4, -0.2) is 38.2 Å². The lowest BCUT2D eigenvalue weighted by atomic mass is 10.3. The number of nitrogens with zero attached hydrogens (tertiary/aromatic N) is 6. The first-order chi connectivity index (χ1) is 13.3. The normalized spacial score (nSPS) is 12.1. The summed E-state index contributed by atoms with van der Waals surface area (Å²) in [6, 6.07) is 3.74. The summed E-state index contributed by atoms with van der Waals surface area (Å²) in [5.74, 6) is -0.0304. The van der Waals surface area contributed by atoms with Crippen LogP contribution in [0.5, 0.6) is 0 Å². The van der Waals surface area contributed by atoms with E-state index in [-0.39, 0.29) is 17.2 Å². The molecule has 0 saturated heterocycles. The molecule has 1 aromatic carbocycles. The maximum absolute atomic E-state index is 11.8. The zero-order valence-electron chi connectivity index (χ0n) is 13.8. The molecule has 0 spiro atoms. The van der Waals surface area contributed by atoms with Crippen LogP contribution >= 0.6 is 23.4 Å². The molecule has 0 amide bonds. The second-order valence-electron chi connectivity index (χ2n) is 4.98. The molecule has 28 heavy (non-hydrogen) atoms. The van der Waals surface area contributed by atoms with Gasteiger partial charge >= 0.3 is 0 Å². The van der Waals surface area contributed by atoms with E-state index in [4.69, 9.17) is 11.0 Å². The van der Waals surface area contributed by atoms with Crippen molar-refractivity contribution in [3.05, 3.63) is 29.4 Å². The highest BCUT2D eigenvalue weighted by molar-refractivity contribution is 7.94. The monoisotopic (exact) mass is 445 g/mol. The standard InChI is InChI=1S/C12H11N7O6S3/c1-6-10(15-17-12-16-14-5-26-12)11(13)19(18-6)8-4-7(27-25-24-20)2-3-9(8)28(21,22)23/h2-5,20H,13H2,1H3,(H,21,22,23). The summed E-state index contributed by atoms with van der Waals surface area (Å²) in [5.41, 5.74) is 8.01. The van der Waals surface area contributed by atoms with Crippen molar-refractivity contribution in [2.45, 2.75) is 16.7 Å². The minimum Gasteiger partial charge on any atom is -0.382 e. The second kappa shape index (κ2) is 8.27. The zero-order valence-corrected chi connectivity index (χ0v) is 16.3. The van der Waals surface area contributed by atoms with Crippen LogP contribution in [0.3, 0.4) is 0 Å². The molecular formula is C12H11N7O6S3. The van der Waals surface area contributed by atoms with Gasteiger partial charge in [0.2, 0.25) is 0 Å². The first-order valence-corrected chi connectivity index (χ1v) is 10.2. The van der Waals surface area contributed by atoms with E-state index in [1.165, 1.54) is 17.6 Å². The number of benzene rings is 1. The van der Waals surface area contributed by atoms with Crippen molar-refractivity contribution in [1.82, 2.24) is 20.0 Å². The molecule has 16 heteroatoms. The van der Waals surface area contributed by atoms with Crippen LogP contribution in [0, 0.1) is 6.92 Å². The van der Waals surface area contributed by atoms with Crippen LogP contribution in [0.2, 0.25) is 0 Å². The van der Waals surface area contributed by atoms with Gasteiger partial charge in [0.25, 0.3) is 15.2 Å². The first-order valence-electron chi connectivity index (χ1n) is 7.11. The lowest BCUT2D eigenvalue weighted by molar-refractivity contribution is -0.432. The zero-order chi connectivity index (χ0) is 20.3. The Morgan fingerprint density at radius 3 is 2.79 bits per heavy atom. The molecule has 148 valence electrons. The predicted molar refractivity (Wildman–Crippen MR) is 97.3 cm³/mol. The van der Waals surface area contributed by atoms with Crippen LogP contribution in [0.1, 0.15) is 5.69 Å². The van der Waals surface area contributed by atoms with E-state index >= 15 is 0 Å². The van der Waals surface area contributed by atoms with Gasteiger partial charge in [-0.1, -0.05) is 16.4 Å². The number of hydrogen-bond donors (Lipinski definition) is 3. The van der Waals surface area contributed by atoms with Gasteiger partial charge in [-0.05, 0) is 25.1 Å². The Morgan fingerprint density at radius 1 is 1.36 bits per heavy atom. The molecule has 2 heterocycles. The van der Waals surface area contributed by atoms with Crippen LogP contribution in [0.25, 0.3) is 5.69 Å². The van der Waals surface area contributed by atoms with E-state index < -0.39 is 15.0 Å². The topological polar surface area (TPSA) is 187 Å². The number of hydrogen-bond acceptors (Lipinski definition) is 13. The molecule has 0 atom stereocenters. The fourth-order valence-corrected chi connectivity index (χ4v) is 3.55. The van der Waals surface area contributed by atoms with Crippen molar-refractivity contribution in [1.29, 1.82) is 0 Å². The second-order valence-corrected chi connectivity index (χ2v) is 7.96. The van der Waals surface area contributed by atoms with Gasteiger partial charge in [0, 0.05) is 4.90 Å².